The number of aromatic hydroxyl groups is 1. The third-order valence-electron chi connectivity index (χ3n) is 5.83. The number of fused-ring (bicyclic) bond motifs is 1. The molecule has 0 radical (unpaired) electrons. The van der Waals surface area contributed by atoms with Crippen molar-refractivity contribution in [1.29, 1.82) is 0 Å². The van der Waals surface area contributed by atoms with Gasteiger partial charge in [-0.3, -0.25) is 4.79 Å². The Morgan fingerprint density at radius 1 is 0.824 bits per heavy atom. The molecule has 34 heavy (non-hydrogen) atoms. The van der Waals surface area contributed by atoms with Crippen LogP contribution in [-0.4, -0.2) is 39.9 Å². The van der Waals surface area contributed by atoms with Crippen LogP contribution < -0.4 is 16.2 Å². The van der Waals surface area contributed by atoms with Crippen LogP contribution in [0.25, 0.3) is 10.9 Å². The standard InChI is InChI=1S/C27H29N3O4/c31-23-12-10-21(22-11-13-26(34)30-27(22)23)25(33)16-28-15-14-18-6-8-20(9-7-18)29-17-24(32)19-4-2-1-3-5-19/h1-13,24-25,28-29,31-33H,14-17H2,(H,30,34)/t24-,25-/m0/s1. The van der Waals surface area contributed by atoms with Crippen LogP contribution in [0.2, 0.25) is 0 Å². The number of hydrogen-bond donors (Lipinski definition) is 6. The monoisotopic (exact) mass is 459 g/mol. The van der Waals surface area contributed by atoms with Gasteiger partial charge in [0.15, 0.2) is 0 Å². The van der Waals surface area contributed by atoms with Crippen LogP contribution >= 0.6 is 0 Å². The Labute approximate surface area is 197 Å². The number of pyridine rings is 1. The second kappa shape index (κ2) is 11.0. The molecule has 0 unspecified atom stereocenters. The summed E-state index contributed by atoms with van der Waals surface area (Å²) in [6.45, 7) is 1.46. The second-order valence-corrected chi connectivity index (χ2v) is 8.26. The summed E-state index contributed by atoms with van der Waals surface area (Å²) in [5.41, 5.74) is 3.65. The van der Waals surface area contributed by atoms with E-state index in [2.05, 4.69) is 15.6 Å². The molecule has 2 atom stereocenters. The van der Waals surface area contributed by atoms with Crippen LogP contribution in [0.15, 0.2) is 83.7 Å². The van der Waals surface area contributed by atoms with E-state index in [9.17, 15) is 20.1 Å². The number of aliphatic hydroxyl groups is 2. The van der Waals surface area contributed by atoms with Gasteiger partial charge in [-0.15, -0.1) is 0 Å². The minimum atomic E-state index is -0.781. The van der Waals surface area contributed by atoms with Gasteiger partial charge >= 0.3 is 0 Å². The number of anilines is 1. The third-order valence-corrected chi connectivity index (χ3v) is 5.83. The van der Waals surface area contributed by atoms with Gasteiger partial charge in [0, 0.05) is 30.2 Å². The molecule has 0 saturated carbocycles. The highest BCUT2D eigenvalue weighted by Gasteiger charge is 2.13. The van der Waals surface area contributed by atoms with Crippen LogP contribution in [0.4, 0.5) is 5.69 Å². The number of aromatic amines is 1. The van der Waals surface area contributed by atoms with Gasteiger partial charge in [-0.25, -0.2) is 0 Å². The second-order valence-electron chi connectivity index (χ2n) is 8.26. The fraction of sp³-hybridized carbons (Fsp3) is 0.222. The Kier molecular flexibility index (Phi) is 7.59. The number of benzene rings is 3. The Bertz CT molecular complexity index is 1270. The molecule has 7 nitrogen and oxygen atoms in total. The Morgan fingerprint density at radius 2 is 1.59 bits per heavy atom. The van der Waals surface area contributed by atoms with Crippen molar-refractivity contribution in [2.24, 2.45) is 0 Å². The summed E-state index contributed by atoms with van der Waals surface area (Å²) in [4.78, 5) is 14.2. The van der Waals surface area contributed by atoms with Gasteiger partial charge < -0.3 is 30.9 Å². The Balaban J connectivity index is 1.24. The largest absolute Gasteiger partial charge is 0.506 e. The maximum atomic E-state index is 11.6. The van der Waals surface area contributed by atoms with Gasteiger partial charge in [0.05, 0.1) is 17.7 Å². The third kappa shape index (κ3) is 5.82. The fourth-order valence-electron chi connectivity index (χ4n) is 3.93. The zero-order valence-corrected chi connectivity index (χ0v) is 18.7. The summed E-state index contributed by atoms with van der Waals surface area (Å²) in [6, 6.07) is 23.8. The normalized spacial score (nSPS) is 13.0. The molecule has 7 heteroatoms. The summed E-state index contributed by atoms with van der Waals surface area (Å²) in [6.07, 6.45) is -0.553. The van der Waals surface area contributed by atoms with E-state index in [0.717, 1.165) is 23.2 Å². The van der Waals surface area contributed by atoms with Gasteiger partial charge in [0.25, 0.3) is 0 Å². The predicted octanol–water partition coefficient (Wildman–Crippen LogP) is 3.24. The molecular formula is C27H29N3O4. The van der Waals surface area contributed by atoms with E-state index in [1.807, 2.05) is 54.6 Å². The number of phenols is 1. The molecule has 0 bridgehead atoms. The minimum absolute atomic E-state index is 0.0240. The van der Waals surface area contributed by atoms with Crippen LogP contribution in [-0.2, 0) is 6.42 Å². The molecule has 176 valence electrons. The van der Waals surface area contributed by atoms with Crippen LogP contribution in [0.1, 0.15) is 28.9 Å². The maximum Gasteiger partial charge on any atom is 0.248 e. The molecule has 4 aromatic rings. The molecule has 0 amide bonds. The number of rotatable bonds is 10. The van der Waals surface area contributed by atoms with Gasteiger partial charge in [-0.1, -0.05) is 48.5 Å². The van der Waals surface area contributed by atoms with Crippen molar-refractivity contribution >= 4 is 16.6 Å². The quantitative estimate of drug-likeness (QED) is 0.203. The number of phenolic OH excluding ortho intramolecular Hbond substituents is 1. The number of H-pyrrole nitrogens is 1. The van der Waals surface area contributed by atoms with Gasteiger partial charge in [0.1, 0.15) is 5.75 Å². The van der Waals surface area contributed by atoms with Crippen LogP contribution in [0.3, 0.4) is 0 Å². The number of nitrogens with one attached hydrogen (secondary N) is 3. The van der Waals surface area contributed by atoms with Gasteiger partial charge in [-0.05, 0) is 53.9 Å². The first kappa shape index (κ1) is 23.5. The first-order valence-electron chi connectivity index (χ1n) is 11.3. The van der Waals surface area contributed by atoms with Gasteiger partial charge in [0.2, 0.25) is 5.56 Å². The predicted molar refractivity (Wildman–Crippen MR) is 134 cm³/mol. The van der Waals surface area contributed by atoms with Crippen molar-refractivity contribution in [1.82, 2.24) is 10.3 Å². The number of hydrogen-bond acceptors (Lipinski definition) is 6. The molecule has 0 aliphatic heterocycles. The van der Waals surface area contributed by atoms with E-state index in [0.29, 0.717) is 36.1 Å². The topological polar surface area (TPSA) is 118 Å². The molecule has 0 saturated heterocycles. The smallest absolute Gasteiger partial charge is 0.248 e. The van der Waals surface area contributed by atoms with Crippen LogP contribution in [0.5, 0.6) is 5.75 Å². The summed E-state index contributed by atoms with van der Waals surface area (Å²) in [5.74, 6) is -0.0240. The zero-order valence-electron chi connectivity index (χ0n) is 18.7. The molecule has 4 rings (SSSR count). The summed E-state index contributed by atoms with van der Waals surface area (Å²) >= 11 is 0. The molecule has 0 aliphatic carbocycles. The van der Waals surface area contributed by atoms with Crippen molar-refractivity contribution in [2.45, 2.75) is 18.6 Å². The first-order valence-corrected chi connectivity index (χ1v) is 11.3. The van der Waals surface area contributed by atoms with E-state index in [-0.39, 0.29) is 11.3 Å². The van der Waals surface area contributed by atoms with Crippen LogP contribution in [0, 0.1) is 0 Å². The maximum absolute atomic E-state index is 11.6. The van der Waals surface area contributed by atoms with Crippen molar-refractivity contribution in [3.8, 4) is 5.75 Å². The van der Waals surface area contributed by atoms with E-state index in [1.54, 1.807) is 12.1 Å². The number of aliphatic hydroxyl groups excluding tert-OH is 2. The molecule has 0 aliphatic rings. The SMILES string of the molecule is O=c1ccc2c([C@@H](O)CNCCc3ccc(NC[C@H](O)c4ccccc4)cc3)ccc(O)c2[nH]1. The van der Waals surface area contributed by atoms with Crippen molar-refractivity contribution < 1.29 is 15.3 Å². The molecule has 3 aromatic carbocycles. The lowest BCUT2D eigenvalue weighted by Gasteiger charge is -2.15. The lowest BCUT2D eigenvalue weighted by Crippen LogP contribution is -2.24. The lowest BCUT2D eigenvalue weighted by molar-refractivity contribution is 0.176. The highest BCUT2D eigenvalue weighted by Crippen LogP contribution is 2.28. The highest BCUT2D eigenvalue weighted by atomic mass is 16.3. The Hall–Kier alpha value is -3.65. The lowest BCUT2D eigenvalue weighted by atomic mass is 10.0. The van der Waals surface area contributed by atoms with E-state index >= 15 is 0 Å². The zero-order chi connectivity index (χ0) is 23.9. The minimum Gasteiger partial charge on any atom is -0.506 e. The highest BCUT2D eigenvalue weighted by molar-refractivity contribution is 5.87. The number of aromatic nitrogens is 1. The summed E-state index contributed by atoms with van der Waals surface area (Å²) in [5, 5.41) is 38.0. The van der Waals surface area contributed by atoms with Crippen molar-refractivity contribution in [3.05, 3.63) is 106 Å². The molecular weight excluding hydrogens is 430 g/mol. The molecule has 6 N–H and O–H groups in total. The first-order chi connectivity index (χ1) is 16.5. The van der Waals surface area contributed by atoms with Crippen molar-refractivity contribution in [3.63, 3.8) is 0 Å². The van der Waals surface area contributed by atoms with E-state index in [1.165, 1.54) is 12.1 Å². The molecule has 1 aromatic heterocycles. The van der Waals surface area contributed by atoms with Gasteiger partial charge in [-0.2, -0.15) is 0 Å². The van der Waals surface area contributed by atoms with E-state index < -0.39 is 12.2 Å². The molecule has 0 spiro atoms. The Morgan fingerprint density at radius 3 is 2.35 bits per heavy atom. The average Bonchev–Trinajstić information content (AvgIpc) is 2.87. The molecule has 0 fully saturated rings. The van der Waals surface area contributed by atoms with Crippen molar-refractivity contribution in [2.75, 3.05) is 25.0 Å². The molecule has 1 heterocycles. The fourth-order valence-corrected chi connectivity index (χ4v) is 3.93. The summed E-state index contributed by atoms with van der Waals surface area (Å²) in [7, 11) is 0. The average molecular weight is 460 g/mol. The van der Waals surface area contributed by atoms with E-state index in [4.69, 9.17) is 0 Å². The summed E-state index contributed by atoms with van der Waals surface area (Å²) < 4.78 is 0.